The second-order valence-electron chi connectivity index (χ2n) is 9.69. The Balaban J connectivity index is 1.97. The molecular formula is C24H45N3O2. The topological polar surface area (TPSA) is 75.4 Å². The van der Waals surface area contributed by atoms with Crippen molar-refractivity contribution in [3.63, 3.8) is 0 Å². The predicted molar refractivity (Wildman–Crippen MR) is 119 cm³/mol. The van der Waals surface area contributed by atoms with Crippen molar-refractivity contribution in [2.75, 3.05) is 0 Å². The lowest BCUT2D eigenvalue weighted by Gasteiger charge is -2.37. The fraction of sp³-hybridized carbons (Fsp3) is 0.917. The van der Waals surface area contributed by atoms with E-state index < -0.39 is 11.2 Å². The van der Waals surface area contributed by atoms with Crippen LogP contribution in [0.5, 0.6) is 0 Å². The zero-order valence-electron chi connectivity index (χ0n) is 19.2. The summed E-state index contributed by atoms with van der Waals surface area (Å²) in [6.45, 7) is 6.33. The molecule has 0 aromatic rings. The molecule has 0 radical (unpaired) electrons. The summed E-state index contributed by atoms with van der Waals surface area (Å²) in [5.74, 6) is 0.181. The molecule has 5 heteroatoms. The molecule has 29 heavy (non-hydrogen) atoms. The van der Waals surface area contributed by atoms with E-state index >= 15 is 0 Å². The van der Waals surface area contributed by atoms with E-state index in [0.29, 0.717) is 12.8 Å². The smallest absolute Gasteiger partial charge is 0.323 e. The number of carbonyl (C=O) groups is 2. The van der Waals surface area contributed by atoms with Crippen molar-refractivity contribution in [3.8, 4) is 0 Å². The third-order valence-corrected chi connectivity index (χ3v) is 6.98. The van der Waals surface area contributed by atoms with Crippen molar-refractivity contribution in [2.45, 2.75) is 135 Å². The van der Waals surface area contributed by atoms with Crippen LogP contribution in [0.25, 0.3) is 0 Å². The van der Waals surface area contributed by atoms with E-state index in [4.69, 9.17) is 5.73 Å². The lowest BCUT2D eigenvalue weighted by Crippen LogP contribution is -2.59. The van der Waals surface area contributed by atoms with Crippen LogP contribution in [0.1, 0.15) is 124 Å². The number of hydrogen-bond donors (Lipinski definition) is 2. The van der Waals surface area contributed by atoms with E-state index in [-0.39, 0.29) is 17.9 Å². The van der Waals surface area contributed by atoms with E-state index in [1.54, 1.807) is 0 Å². The summed E-state index contributed by atoms with van der Waals surface area (Å²) in [5.41, 5.74) is 5.26. The van der Waals surface area contributed by atoms with Gasteiger partial charge in [-0.05, 0) is 51.4 Å². The van der Waals surface area contributed by atoms with E-state index in [9.17, 15) is 9.59 Å². The van der Waals surface area contributed by atoms with E-state index in [0.717, 1.165) is 38.5 Å². The zero-order chi connectivity index (χ0) is 21.3. The third kappa shape index (κ3) is 6.44. The normalized spacial score (nSPS) is 22.4. The first kappa shape index (κ1) is 24.2. The van der Waals surface area contributed by atoms with Gasteiger partial charge in [0.1, 0.15) is 11.2 Å². The standard InChI is InChI=1S/C24H45N3O2/c1-4-6-8-10-12-14-18-24(25,19-15-13-11-9-7-5-2)27-21(28)23(3,20-16-17-20)26-22(27)29/h20H,4-19,25H2,1-3H3,(H,26,29). The Bertz CT molecular complexity index is 516. The van der Waals surface area contributed by atoms with Crippen LogP contribution in [0.4, 0.5) is 4.79 Å². The first-order chi connectivity index (χ1) is 13.9. The second kappa shape index (κ2) is 11.3. The van der Waals surface area contributed by atoms with Crippen LogP contribution in [0.3, 0.4) is 0 Å². The molecule has 2 rings (SSSR count). The Morgan fingerprint density at radius 2 is 1.34 bits per heavy atom. The number of carbonyl (C=O) groups excluding carboxylic acids is 2. The van der Waals surface area contributed by atoms with E-state index in [2.05, 4.69) is 19.2 Å². The third-order valence-electron chi connectivity index (χ3n) is 6.98. The molecule has 168 valence electrons. The first-order valence-electron chi connectivity index (χ1n) is 12.3. The minimum absolute atomic E-state index is 0.0931. The summed E-state index contributed by atoms with van der Waals surface area (Å²) in [5, 5.41) is 2.99. The van der Waals surface area contributed by atoms with Gasteiger partial charge in [-0.25, -0.2) is 9.69 Å². The maximum Gasteiger partial charge on any atom is 0.326 e. The first-order valence-corrected chi connectivity index (χ1v) is 12.3. The van der Waals surface area contributed by atoms with Gasteiger partial charge in [0, 0.05) is 0 Å². The summed E-state index contributed by atoms with van der Waals surface area (Å²) in [4.78, 5) is 27.5. The number of nitrogens with zero attached hydrogens (tertiary/aromatic N) is 1. The summed E-state index contributed by atoms with van der Waals surface area (Å²) >= 11 is 0. The van der Waals surface area contributed by atoms with Crippen LogP contribution in [0.15, 0.2) is 0 Å². The van der Waals surface area contributed by atoms with Gasteiger partial charge in [0.15, 0.2) is 0 Å². The van der Waals surface area contributed by atoms with E-state index in [1.165, 1.54) is 56.3 Å². The molecule has 0 aromatic heterocycles. The van der Waals surface area contributed by atoms with Gasteiger partial charge in [0.05, 0.1) is 0 Å². The predicted octanol–water partition coefficient (Wildman–Crippen LogP) is 5.86. The Morgan fingerprint density at radius 1 is 0.897 bits per heavy atom. The molecule has 1 aliphatic carbocycles. The van der Waals surface area contributed by atoms with Crippen LogP contribution in [0.2, 0.25) is 0 Å². The van der Waals surface area contributed by atoms with Gasteiger partial charge >= 0.3 is 6.03 Å². The summed E-state index contributed by atoms with van der Waals surface area (Å²) in [6.07, 6.45) is 17.6. The van der Waals surface area contributed by atoms with Gasteiger partial charge in [-0.3, -0.25) is 4.79 Å². The van der Waals surface area contributed by atoms with E-state index in [1.807, 2.05) is 6.92 Å². The molecule has 1 saturated carbocycles. The maximum absolute atomic E-state index is 13.3. The molecule has 0 bridgehead atoms. The number of unbranched alkanes of at least 4 members (excludes halogenated alkanes) is 10. The van der Waals surface area contributed by atoms with Crippen molar-refractivity contribution in [1.82, 2.24) is 10.2 Å². The highest BCUT2D eigenvalue weighted by atomic mass is 16.2. The van der Waals surface area contributed by atoms with Gasteiger partial charge in [-0.1, -0.05) is 78.1 Å². The molecule has 2 aliphatic rings. The largest absolute Gasteiger partial charge is 0.326 e. The number of rotatable bonds is 16. The molecule has 0 spiro atoms. The Labute approximate surface area is 178 Å². The quantitative estimate of drug-likeness (QED) is 0.248. The van der Waals surface area contributed by atoms with Gasteiger partial charge in [-0.2, -0.15) is 0 Å². The molecule has 2 fully saturated rings. The minimum Gasteiger partial charge on any atom is -0.323 e. The lowest BCUT2D eigenvalue weighted by molar-refractivity contribution is -0.136. The highest BCUT2D eigenvalue weighted by molar-refractivity contribution is 6.07. The Hall–Kier alpha value is -1.10. The lowest BCUT2D eigenvalue weighted by atomic mass is 9.90. The average molecular weight is 408 g/mol. The molecule has 1 saturated heterocycles. The monoisotopic (exact) mass is 407 g/mol. The van der Waals surface area contributed by atoms with Gasteiger partial charge in [-0.15, -0.1) is 0 Å². The van der Waals surface area contributed by atoms with Crippen LogP contribution >= 0.6 is 0 Å². The molecule has 3 amide bonds. The van der Waals surface area contributed by atoms with Crippen molar-refractivity contribution >= 4 is 11.9 Å². The number of imide groups is 1. The maximum atomic E-state index is 13.3. The van der Waals surface area contributed by atoms with Gasteiger partial charge in [0.2, 0.25) is 0 Å². The number of amides is 3. The molecule has 5 nitrogen and oxygen atoms in total. The van der Waals surface area contributed by atoms with Crippen LogP contribution < -0.4 is 11.1 Å². The van der Waals surface area contributed by atoms with Gasteiger partial charge in [0.25, 0.3) is 5.91 Å². The highest BCUT2D eigenvalue weighted by Gasteiger charge is 2.59. The number of hydrogen-bond acceptors (Lipinski definition) is 3. The molecule has 0 aromatic carbocycles. The SMILES string of the molecule is CCCCCCCCC(N)(CCCCCCCC)N1C(=O)NC(C)(C2CC2)C1=O. The highest BCUT2D eigenvalue weighted by Crippen LogP contribution is 2.44. The molecule has 1 heterocycles. The molecule has 1 atom stereocenters. The Kier molecular flexibility index (Phi) is 9.45. The Morgan fingerprint density at radius 3 is 1.79 bits per heavy atom. The van der Waals surface area contributed by atoms with Crippen LogP contribution in [0, 0.1) is 5.92 Å². The second-order valence-corrected chi connectivity index (χ2v) is 9.69. The van der Waals surface area contributed by atoms with Crippen LogP contribution in [-0.2, 0) is 4.79 Å². The number of nitrogens with one attached hydrogen (secondary N) is 1. The molecule has 1 unspecified atom stereocenters. The van der Waals surface area contributed by atoms with Crippen molar-refractivity contribution < 1.29 is 9.59 Å². The van der Waals surface area contributed by atoms with Crippen molar-refractivity contribution in [1.29, 1.82) is 0 Å². The molecular weight excluding hydrogens is 362 g/mol. The summed E-state index contributed by atoms with van der Waals surface area (Å²) in [7, 11) is 0. The zero-order valence-corrected chi connectivity index (χ0v) is 19.2. The summed E-state index contributed by atoms with van der Waals surface area (Å²) < 4.78 is 0. The fourth-order valence-electron chi connectivity index (χ4n) is 4.77. The number of nitrogens with two attached hydrogens (primary N) is 1. The summed E-state index contributed by atoms with van der Waals surface area (Å²) in [6, 6.07) is -0.274. The van der Waals surface area contributed by atoms with Crippen molar-refractivity contribution in [3.05, 3.63) is 0 Å². The van der Waals surface area contributed by atoms with Gasteiger partial charge < -0.3 is 11.1 Å². The fourth-order valence-corrected chi connectivity index (χ4v) is 4.77. The minimum atomic E-state index is -0.844. The van der Waals surface area contributed by atoms with Crippen LogP contribution in [-0.4, -0.2) is 28.0 Å². The van der Waals surface area contributed by atoms with Crippen molar-refractivity contribution in [2.24, 2.45) is 11.7 Å². The average Bonchev–Trinajstić information content (AvgIpc) is 3.50. The number of urea groups is 1. The molecule has 3 N–H and O–H groups in total. The molecule has 1 aliphatic heterocycles.